The maximum absolute atomic E-state index is 6.09. The van der Waals surface area contributed by atoms with Crippen LogP contribution < -0.4 is 0 Å². The second kappa shape index (κ2) is 5.42. The first-order valence-electron chi connectivity index (χ1n) is 4.16. The average molecular weight is 282 g/mol. The van der Waals surface area contributed by atoms with Gasteiger partial charge < -0.3 is 9.47 Å². The molecule has 0 aromatic carbocycles. The summed E-state index contributed by atoms with van der Waals surface area (Å²) in [4.78, 5) is 0. The second-order valence-corrected chi connectivity index (χ2v) is 5.19. The van der Waals surface area contributed by atoms with Gasteiger partial charge in [0, 0.05) is 14.2 Å². The van der Waals surface area contributed by atoms with E-state index in [1.807, 2.05) is 0 Å². The Balaban J connectivity index is 2.84. The van der Waals surface area contributed by atoms with Crippen LogP contribution in [-0.4, -0.2) is 47.9 Å². The van der Waals surface area contributed by atoms with Crippen molar-refractivity contribution in [2.24, 2.45) is 0 Å². The molecular weight excluding hydrogens is 270 g/mol. The van der Waals surface area contributed by atoms with Crippen LogP contribution in [0.25, 0.3) is 0 Å². The van der Waals surface area contributed by atoms with E-state index in [0.717, 1.165) is 0 Å². The van der Waals surface area contributed by atoms with Crippen LogP contribution in [0, 0.1) is 0 Å². The minimum Gasteiger partial charge on any atom is -0.377 e. The smallest absolute Gasteiger partial charge is 0.103 e. The lowest BCUT2D eigenvalue weighted by molar-refractivity contribution is -0.0510. The number of halogens is 4. The van der Waals surface area contributed by atoms with Crippen molar-refractivity contribution in [3.63, 3.8) is 0 Å². The van der Waals surface area contributed by atoms with Crippen LogP contribution in [0.2, 0.25) is 0 Å². The van der Waals surface area contributed by atoms with Crippen LogP contribution in [0.4, 0.5) is 0 Å². The van der Waals surface area contributed by atoms with E-state index < -0.39 is 21.5 Å². The van der Waals surface area contributed by atoms with Crippen molar-refractivity contribution in [3.8, 4) is 0 Å². The predicted octanol–water partition coefficient (Wildman–Crippen LogP) is 2.46. The maximum atomic E-state index is 6.09. The summed E-state index contributed by atoms with van der Waals surface area (Å²) in [7, 11) is 3.10. The van der Waals surface area contributed by atoms with E-state index in [0.29, 0.717) is 0 Å². The lowest BCUT2D eigenvalue weighted by Gasteiger charge is -2.41. The molecule has 1 fully saturated rings. The highest BCUT2D eigenvalue weighted by Gasteiger charge is 2.49. The van der Waals surface area contributed by atoms with Gasteiger partial charge in [-0.2, -0.15) is 0 Å². The minimum atomic E-state index is -0.419. The summed E-state index contributed by atoms with van der Waals surface area (Å²) in [6.45, 7) is 0. The van der Waals surface area contributed by atoms with Gasteiger partial charge in [0.2, 0.25) is 0 Å². The van der Waals surface area contributed by atoms with Crippen LogP contribution in [0.3, 0.4) is 0 Å². The minimum absolute atomic E-state index is 0.332. The zero-order valence-electron chi connectivity index (χ0n) is 7.79. The first-order valence-corrected chi connectivity index (χ1v) is 5.91. The molecule has 0 heterocycles. The van der Waals surface area contributed by atoms with Gasteiger partial charge in [0.05, 0.1) is 21.5 Å². The van der Waals surface area contributed by atoms with Gasteiger partial charge in [-0.25, -0.2) is 0 Å². The summed E-state index contributed by atoms with van der Waals surface area (Å²) in [6, 6.07) is 0. The number of rotatable bonds is 2. The predicted molar refractivity (Wildman–Crippen MR) is 60.2 cm³/mol. The molecular formula is C8H12Cl4O2. The molecule has 1 aliphatic rings. The van der Waals surface area contributed by atoms with Crippen LogP contribution >= 0.6 is 46.4 Å². The molecule has 0 amide bonds. The summed E-state index contributed by atoms with van der Waals surface area (Å²) >= 11 is 24.2. The molecule has 84 valence electrons. The summed E-state index contributed by atoms with van der Waals surface area (Å²) in [5.74, 6) is 0. The molecule has 6 heteroatoms. The lowest BCUT2D eigenvalue weighted by atomic mass is 9.92. The van der Waals surface area contributed by atoms with E-state index >= 15 is 0 Å². The first kappa shape index (κ1) is 13.1. The standard InChI is InChI=1S/C8H12Cl4O2/c1-13-7-5(11)3(9)4(10)6(12)8(7)14-2/h3-8H,1-2H3/t3-,4-,5-,6+,7+,8+/m1/s1. The number of hydrogen-bond acceptors (Lipinski definition) is 2. The highest BCUT2D eigenvalue weighted by Crippen LogP contribution is 2.37. The molecule has 14 heavy (non-hydrogen) atoms. The lowest BCUT2D eigenvalue weighted by Crippen LogP contribution is -2.57. The molecule has 1 rings (SSSR count). The molecule has 0 radical (unpaired) electrons. The molecule has 1 aliphatic carbocycles. The third-order valence-electron chi connectivity index (χ3n) is 2.41. The molecule has 0 bridgehead atoms. The largest absolute Gasteiger partial charge is 0.377 e. The fourth-order valence-corrected chi connectivity index (χ4v) is 3.16. The Morgan fingerprint density at radius 3 is 1.14 bits per heavy atom. The van der Waals surface area contributed by atoms with E-state index in [-0.39, 0.29) is 12.2 Å². The Morgan fingerprint density at radius 2 is 0.929 bits per heavy atom. The van der Waals surface area contributed by atoms with Gasteiger partial charge in [-0.3, -0.25) is 0 Å². The zero-order chi connectivity index (χ0) is 10.9. The summed E-state index contributed by atoms with van der Waals surface area (Å²) < 4.78 is 10.4. The maximum Gasteiger partial charge on any atom is 0.103 e. The monoisotopic (exact) mass is 280 g/mol. The Bertz CT molecular complexity index is 172. The molecule has 0 unspecified atom stereocenters. The average Bonchev–Trinajstić information content (AvgIpc) is 2.20. The van der Waals surface area contributed by atoms with Crippen LogP contribution in [0.15, 0.2) is 0 Å². The van der Waals surface area contributed by atoms with Crippen molar-refractivity contribution in [3.05, 3.63) is 0 Å². The first-order chi connectivity index (χ1) is 6.54. The summed E-state index contributed by atoms with van der Waals surface area (Å²) in [6.07, 6.45) is -0.664. The topological polar surface area (TPSA) is 18.5 Å². The van der Waals surface area contributed by atoms with Crippen molar-refractivity contribution in [1.82, 2.24) is 0 Å². The molecule has 0 N–H and O–H groups in total. The third-order valence-corrected chi connectivity index (χ3v) is 4.92. The van der Waals surface area contributed by atoms with E-state index in [1.54, 1.807) is 14.2 Å². The number of methoxy groups -OCH3 is 2. The van der Waals surface area contributed by atoms with Gasteiger partial charge in [-0.1, -0.05) is 0 Å². The van der Waals surface area contributed by atoms with Crippen molar-refractivity contribution < 1.29 is 9.47 Å². The molecule has 0 spiro atoms. The fourth-order valence-electron chi connectivity index (χ4n) is 1.60. The zero-order valence-corrected chi connectivity index (χ0v) is 10.8. The van der Waals surface area contributed by atoms with Crippen molar-refractivity contribution in [2.45, 2.75) is 33.7 Å². The second-order valence-electron chi connectivity index (χ2n) is 3.18. The van der Waals surface area contributed by atoms with Crippen LogP contribution in [0.1, 0.15) is 0 Å². The summed E-state index contributed by atoms with van der Waals surface area (Å²) in [5.41, 5.74) is 0. The van der Waals surface area contributed by atoms with E-state index in [2.05, 4.69) is 0 Å². The van der Waals surface area contributed by atoms with Crippen LogP contribution in [0.5, 0.6) is 0 Å². The quantitative estimate of drug-likeness (QED) is 0.724. The van der Waals surface area contributed by atoms with E-state index in [1.165, 1.54) is 0 Å². The number of hydrogen-bond donors (Lipinski definition) is 0. The van der Waals surface area contributed by atoms with E-state index in [4.69, 9.17) is 55.9 Å². The normalized spacial score (nSPS) is 49.3. The molecule has 1 saturated carbocycles. The summed E-state index contributed by atoms with van der Waals surface area (Å²) in [5, 5.41) is -1.64. The molecule has 0 aliphatic heterocycles. The van der Waals surface area contributed by atoms with Crippen LogP contribution in [-0.2, 0) is 9.47 Å². The molecule has 2 nitrogen and oxygen atoms in total. The Morgan fingerprint density at radius 1 is 0.643 bits per heavy atom. The van der Waals surface area contributed by atoms with Gasteiger partial charge in [0.15, 0.2) is 0 Å². The van der Waals surface area contributed by atoms with Gasteiger partial charge in [-0.05, 0) is 0 Å². The van der Waals surface area contributed by atoms with Crippen molar-refractivity contribution >= 4 is 46.4 Å². The Labute approximate surface area is 104 Å². The van der Waals surface area contributed by atoms with E-state index in [9.17, 15) is 0 Å². The molecule has 0 aromatic rings. The highest BCUT2D eigenvalue weighted by atomic mass is 35.5. The SMILES string of the molecule is CO[C@H]1[C@H](Cl)[C@H](Cl)[C@@H](Cl)[C@H](Cl)[C@@H]1OC. The fraction of sp³-hybridized carbons (Fsp3) is 1.00. The molecule has 0 saturated heterocycles. The highest BCUT2D eigenvalue weighted by molar-refractivity contribution is 6.38. The Kier molecular flexibility index (Phi) is 5.09. The Hall–Kier alpha value is 1.08. The van der Waals surface area contributed by atoms with Gasteiger partial charge >= 0.3 is 0 Å². The van der Waals surface area contributed by atoms with Gasteiger partial charge in [0.1, 0.15) is 12.2 Å². The van der Waals surface area contributed by atoms with Gasteiger partial charge in [0.25, 0.3) is 0 Å². The molecule has 6 atom stereocenters. The van der Waals surface area contributed by atoms with Crippen molar-refractivity contribution in [2.75, 3.05) is 14.2 Å². The molecule has 0 aromatic heterocycles. The number of ether oxygens (including phenoxy) is 2. The van der Waals surface area contributed by atoms with Crippen molar-refractivity contribution in [1.29, 1.82) is 0 Å². The third kappa shape index (κ3) is 2.26. The number of alkyl halides is 4. The van der Waals surface area contributed by atoms with Gasteiger partial charge in [-0.15, -0.1) is 46.4 Å².